The van der Waals surface area contributed by atoms with E-state index in [1.807, 2.05) is 6.92 Å². The van der Waals surface area contributed by atoms with Gasteiger partial charge in [0.25, 0.3) is 0 Å². The third-order valence-corrected chi connectivity index (χ3v) is 4.69. The summed E-state index contributed by atoms with van der Waals surface area (Å²) in [6.07, 6.45) is 1.08. The van der Waals surface area contributed by atoms with Gasteiger partial charge in [-0.05, 0) is 45.0 Å². The second-order valence-corrected chi connectivity index (χ2v) is 6.24. The maximum absolute atomic E-state index is 13.9. The number of thiazole rings is 1. The van der Waals surface area contributed by atoms with Crippen LogP contribution in [-0.2, 0) is 0 Å². The van der Waals surface area contributed by atoms with Gasteiger partial charge in [-0.25, -0.2) is 9.37 Å². The van der Waals surface area contributed by atoms with Crippen molar-refractivity contribution >= 4 is 22.9 Å². The highest BCUT2D eigenvalue weighted by molar-refractivity contribution is 7.15. The molecule has 0 saturated heterocycles. The van der Waals surface area contributed by atoms with Crippen molar-refractivity contribution in [3.05, 3.63) is 39.6 Å². The molecule has 108 valence electrons. The van der Waals surface area contributed by atoms with E-state index < -0.39 is 0 Å². The first kappa shape index (κ1) is 15.4. The molecule has 0 spiro atoms. The fourth-order valence-electron chi connectivity index (χ4n) is 2.04. The summed E-state index contributed by atoms with van der Waals surface area (Å²) in [4.78, 5) is 5.64. The molecule has 0 aliphatic rings. The Labute approximate surface area is 128 Å². The van der Waals surface area contributed by atoms with Crippen LogP contribution in [0, 0.1) is 12.7 Å². The normalized spacial score (nSPS) is 12.7. The molecule has 2 nitrogen and oxygen atoms in total. The predicted octanol–water partition coefficient (Wildman–Crippen LogP) is 4.97. The van der Waals surface area contributed by atoms with Gasteiger partial charge >= 0.3 is 0 Å². The molecule has 0 amide bonds. The van der Waals surface area contributed by atoms with Crippen molar-refractivity contribution in [3.63, 3.8) is 0 Å². The van der Waals surface area contributed by atoms with Gasteiger partial charge in [-0.1, -0.05) is 18.5 Å². The first-order valence-electron chi connectivity index (χ1n) is 6.69. The van der Waals surface area contributed by atoms with Gasteiger partial charge in [0.1, 0.15) is 10.8 Å². The molecule has 0 bridgehead atoms. The summed E-state index contributed by atoms with van der Waals surface area (Å²) in [6, 6.07) is 4.78. The van der Waals surface area contributed by atoms with Crippen LogP contribution in [0.25, 0.3) is 10.6 Å². The zero-order valence-corrected chi connectivity index (χ0v) is 13.4. The van der Waals surface area contributed by atoms with E-state index in [1.165, 1.54) is 17.4 Å². The average molecular weight is 313 g/mol. The Hall–Kier alpha value is -0.970. The van der Waals surface area contributed by atoms with Gasteiger partial charge in [-0.3, -0.25) is 0 Å². The van der Waals surface area contributed by atoms with Crippen molar-refractivity contribution in [2.75, 3.05) is 6.54 Å². The van der Waals surface area contributed by atoms with Gasteiger partial charge in [0, 0.05) is 21.5 Å². The quantitative estimate of drug-likeness (QED) is 0.843. The zero-order chi connectivity index (χ0) is 14.7. The standard InChI is InChI=1S/C15H18ClFN2S/c1-4-7-18-9(2)14-10(3)19-15(20-14)12-8-11(16)5-6-13(12)17/h5-6,8-9,18H,4,7H2,1-3H3. The molecule has 0 aliphatic heterocycles. The number of hydrogen-bond acceptors (Lipinski definition) is 3. The molecule has 2 rings (SSSR count). The van der Waals surface area contributed by atoms with Crippen LogP contribution >= 0.6 is 22.9 Å². The number of nitrogens with zero attached hydrogens (tertiary/aromatic N) is 1. The number of aryl methyl sites for hydroxylation is 1. The fourth-order valence-corrected chi connectivity index (χ4v) is 3.32. The maximum Gasteiger partial charge on any atom is 0.133 e. The molecule has 1 atom stereocenters. The van der Waals surface area contributed by atoms with Crippen LogP contribution in [0.2, 0.25) is 5.02 Å². The molecule has 1 heterocycles. The molecule has 0 radical (unpaired) electrons. The lowest BCUT2D eigenvalue weighted by atomic mass is 10.2. The monoisotopic (exact) mass is 312 g/mol. The van der Waals surface area contributed by atoms with Crippen LogP contribution < -0.4 is 5.32 Å². The van der Waals surface area contributed by atoms with Gasteiger partial charge in [-0.2, -0.15) is 0 Å². The highest BCUT2D eigenvalue weighted by atomic mass is 35.5. The second-order valence-electron chi connectivity index (χ2n) is 4.77. The molecule has 0 fully saturated rings. The largest absolute Gasteiger partial charge is 0.309 e. The Kier molecular flexibility index (Phi) is 5.13. The molecule has 5 heteroatoms. The maximum atomic E-state index is 13.9. The van der Waals surface area contributed by atoms with E-state index in [-0.39, 0.29) is 11.9 Å². The highest BCUT2D eigenvalue weighted by Crippen LogP contribution is 2.34. The summed E-state index contributed by atoms with van der Waals surface area (Å²) in [5, 5.41) is 4.64. The number of hydrogen-bond donors (Lipinski definition) is 1. The number of rotatable bonds is 5. The van der Waals surface area contributed by atoms with Gasteiger partial charge < -0.3 is 5.32 Å². The molecule has 20 heavy (non-hydrogen) atoms. The number of halogens is 2. The van der Waals surface area contributed by atoms with Crippen molar-refractivity contribution in [1.29, 1.82) is 0 Å². The minimum absolute atomic E-state index is 0.225. The van der Waals surface area contributed by atoms with Crippen LogP contribution in [0.5, 0.6) is 0 Å². The van der Waals surface area contributed by atoms with Crippen molar-refractivity contribution in [2.24, 2.45) is 0 Å². The predicted molar refractivity (Wildman–Crippen MR) is 84.0 cm³/mol. The van der Waals surface area contributed by atoms with Gasteiger partial charge in [-0.15, -0.1) is 11.3 Å². The fraction of sp³-hybridized carbons (Fsp3) is 0.400. The molecule has 0 aliphatic carbocycles. The molecule has 1 aromatic carbocycles. The van der Waals surface area contributed by atoms with E-state index in [0.29, 0.717) is 15.6 Å². The lowest BCUT2D eigenvalue weighted by Crippen LogP contribution is -2.18. The smallest absolute Gasteiger partial charge is 0.133 e. The van der Waals surface area contributed by atoms with Crippen LogP contribution in [0.1, 0.15) is 36.9 Å². The van der Waals surface area contributed by atoms with Crippen LogP contribution in [0.15, 0.2) is 18.2 Å². The van der Waals surface area contributed by atoms with Crippen molar-refractivity contribution in [1.82, 2.24) is 10.3 Å². The molecular weight excluding hydrogens is 295 g/mol. The number of nitrogens with one attached hydrogen (secondary N) is 1. The first-order valence-corrected chi connectivity index (χ1v) is 7.88. The van der Waals surface area contributed by atoms with E-state index in [9.17, 15) is 4.39 Å². The minimum atomic E-state index is -0.288. The summed E-state index contributed by atoms with van der Waals surface area (Å²) in [6.45, 7) is 7.15. The Bertz CT molecular complexity index is 598. The molecule has 1 N–H and O–H groups in total. The Morgan fingerprint density at radius 2 is 2.20 bits per heavy atom. The molecule has 0 saturated carbocycles. The summed E-state index contributed by atoms with van der Waals surface area (Å²) in [7, 11) is 0. The SMILES string of the molecule is CCCNC(C)c1sc(-c2cc(Cl)ccc2F)nc1C. The Balaban J connectivity index is 2.33. The lowest BCUT2D eigenvalue weighted by molar-refractivity contribution is 0.575. The van der Waals surface area contributed by atoms with Crippen molar-refractivity contribution < 1.29 is 4.39 Å². The highest BCUT2D eigenvalue weighted by Gasteiger charge is 2.17. The van der Waals surface area contributed by atoms with Gasteiger partial charge in [0.15, 0.2) is 0 Å². The van der Waals surface area contributed by atoms with Gasteiger partial charge in [0.2, 0.25) is 0 Å². The minimum Gasteiger partial charge on any atom is -0.309 e. The second kappa shape index (κ2) is 6.66. The summed E-state index contributed by atoms with van der Waals surface area (Å²) in [5.74, 6) is -0.288. The van der Waals surface area contributed by atoms with Crippen molar-refractivity contribution in [2.45, 2.75) is 33.2 Å². The van der Waals surface area contributed by atoms with E-state index in [0.717, 1.165) is 23.5 Å². The Morgan fingerprint density at radius 1 is 1.45 bits per heavy atom. The Morgan fingerprint density at radius 3 is 2.90 bits per heavy atom. The average Bonchev–Trinajstić information content (AvgIpc) is 2.80. The summed E-state index contributed by atoms with van der Waals surface area (Å²) >= 11 is 7.46. The molecule has 1 aromatic heterocycles. The summed E-state index contributed by atoms with van der Waals surface area (Å²) in [5.41, 5.74) is 1.42. The van der Waals surface area contributed by atoms with Crippen molar-refractivity contribution in [3.8, 4) is 10.6 Å². The van der Waals surface area contributed by atoms with Gasteiger partial charge in [0.05, 0.1) is 5.69 Å². The van der Waals surface area contributed by atoms with Crippen LogP contribution in [0.3, 0.4) is 0 Å². The van der Waals surface area contributed by atoms with Crippen LogP contribution in [-0.4, -0.2) is 11.5 Å². The molecule has 2 aromatic rings. The number of aromatic nitrogens is 1. The van der Waals surface area contributed by atoms with Crippen LogP contribution in [0.4, 0.5) is 4.39 Å². The third kappa shape index (κ3) is 3.37. The molecule has 1 unspecified atom stereocenters. The number of benzene rings is 1. The van der Waals surface area contributed by atoms with E-state index in [2.05, 4.69) is 24.1 Å². The third-order valence-electron chi connectivity index (χ3n) is 3.09. The first-order chi connectivity index (χ1) is 9.52. The van der Waals surface area contributed by atoms with E-state index in [1.54, 1.807) is 12.1 Å². The van der Waals surface area contributed by atoms with E-state index >= 15 is 0 Å². The lowest BCUT2D eigenvalue weighted by Gasteiger charge is -2.11. The summed E-state index contributed by atoms with van der Waals surface area (Å²) < 4.78 is 13.9. The topological polar surface area (TPSA) is 24.9 Å². The van der Waals surface area contributed by atoms with E-state index in [4.69, 9.17) is 11.6 Å². The zero-order valence-electron chi connectivity index (χ0n) is 11.8. The molecular formula is C15H18ClFN2S.